The summed E-state index contributed by atoms with van der Waals surface area (Å²) in [7, 11) is 1.93. The first-order valence-corrected chi connectivity index (χ1v) is 10.3. The third-order valence-corrected chi connectivity index (χ3v) is 5.30. The van der Waals surface area contributed by atoms with Crippen LogP contribution >= 0.6 is 0 Å². The molecule has 0 atom stereocenters. The average Bonchev–Trinajstić information content (AvgIpc) is 3.20. The van der Waals surface area contributed by atoms with E-state index < -0.39 is 0 Å². The topological polar surface area (TPSA) is 72.1 Å². The summed E-state index contributed by atoms with van der Waals surface area (Å²) in [4.78, 5) is 22.0. The van der Waals surface area contributed by atoms with E-state index >= 15 is 0 Å². The van der Waals surface area contributed by atoms with Crippen LogP contribution in [0.4, 0.5) is 0 Å². The summed E-state index contributed by atoms with van der Waals surface area (Å²) in [6.07, 6.45) is 8.43. The fourth-order valence-corrected chi connectivity index (χ4v) is 3.89. The van der Waals surface area contributed by atoms with E-state index in [0.717, 1.165) is 56.7 Å². The monoisotopic (exact) mass is 395 g/mol. The van der Waals surface area contributed by atoms with Gasteiger partial charge in [-0.05, 0) is 18.4 Å². The largest absolute Gasteiger partial charge is 0.337 e. The van der Waals surface area contributed by atoms with E-state index in [4.69, 9.17) is 0 Å². The number of rotatable bonds is 5. The van der Waals surface area contributed by atoms with Crippen molar-refractivity contribution in [3.8, 4) is 0 Å². The Hall–Kier alpha value is -2.74. The van der Waals surface area contributed by atoms with Gasteiger partial charge in [0.15, 0.2) is 5.65 Å². The minimum atomic E-state index is 0.0548. The molecule has 0 N–H and O–H groups in total. The van der Waals surface area contributed by atoms with E-state index in [0.29, 0.717) is 11.5 Å². The molecule has 0 spiro atoms. The Kier molecular flexibility index (Phi) is 5.62. The van der Waals surface area contributed by atoms with Crippen LogP contribution in [0.5, 0.6) is 0 Å². The number of pyridine rings is 1. The minimum absolute atomic E-state index is 0.0548. The van der Waals surface area contributed by atoms with Crippen LogP contribution in [0.15, 0.2) is 30.9 Å². The van der Waals surface area contributed by atoms with Crippen LogP contribution < -0.4 is 0 Å². The zero-order valence-corrected chi connectivity index (χ0v) is 17.5. The van der Waals surface area contributed by atoms with E-state index in [1.807, 2.05) is 39.8 Å². The fraction of sp³-hybridized carbons (Fsp3) is 0.524. The van der Waals surface area contributed by atoms with Crippen molar-refractivity contribution in [3.63, 3.8) is 0 Å². The standard InChI is InChI=1S/C21H29N7O/c1-16(2)13-28-20-18(12-24-28)9-19(11-22-20)21(29)27-6-4-5-26(7-8-27)15-17-10-23-25(3)14-17/h9-12,14,16H,4-8,13,15H2,1-3H3. The lowest BCUT2D eigenvalue weighted by Crippen LogP contribution is -2.35. The van der Waals surface area contributed by atoms with Gasteiger partial charge in [-0.15, -0.1) is 0 Å². The molecule has 154 valence electrons. The van der Waals surface area contributed by atoms with Gasteiger partial charge in [0.2, 0.25) is 0 Å². The molecule has 1 saturated heterocycles. The zero-order valence-electron chi connectivity index (χ0n) is 17.5. The van der Waals surface area contributed by atoms with E-state index in [9.17, 15) is 4.79 Å². The number of amides is 1. The molecule has 4 heterocycles. The van der Waals surface area contributed by atoms with Gasteiger partial charge in [0.1, 0.15) is 0 Å². The molecule has 0 bridgehead atoms. The molecule has 8 nitrogen and oxygen atoms in total. The van der Waals surface area contributed by atoms with E-state index in [2.05, 4.69) is 33.9 Å². The lowest BCUT2D eigenvalue weighted by Gasteiger charge is -2.21. The molecular weight excluding hydrogens is 366 g/mol. The molecule has 8 heteroatoms. The van der Waals surface area contributed by atoms with Crippen LogP contribution in [0, 0.1) is 5.92 Å². The third-order valence-electron chi connectivity index (χ3n) is 5.30. The van der Waals surface area contributed by atoms with Gasteiger partial charge >= 0.3 is 0 Å². The third kappa shape index (κ3) is 4.48. The highest BCUT2D eigenvalue weighted by Crippen LogP contribution is 2.17. The highest BCUT2D eigenvalue weighted by Gasteiger charge is 2.21. The van der Waals surface area contributed by atoms with Gasteiger partial charge in [-0.1, -0.05) is 13.8 Å². The summed E-state index contributed by atoms with van der Waals surface area (Å²) in [5, 5.41) is 9.59. The van der Waals surface area contributed by atoms with Crippen LogP contribution in [-0.4, -0.2) is 66.4 Å². The highest BCUT2D eigenvalue weighted by molar-refractivity contribution is 5.96. The molecule has 1 amide bonds. The number of hydrogen-bond donors (Lipinski definition) is 0. The van der Waals surface area contributed by atoms with E-state index in [1.165, 1.54) is 5.56 Å². The number of fused-ring (bicyclic) bond motifs is 1. The molecule has 3 aromatic heterocycles. The van der Waals surface area contributed by atoms with Crippen molar-refractivity contribution < 1.29 is 4.79 Å². The predicted molar refractivity (Wildman–Crippen MR) is 111 cm³/mol. The molecule has 3 aromatic rings. The summed E-state index contributed by atoms with van der Waals surface area (Å²) in [6, 6.07) is 1.92. The Morgan fingerprint density at radius 2 is 1.97 bits per heavy atom. The van der Waals surface area contributed by atoms with Gasteiger partial charge in [0.05, 0.1) is 18.0 Å². The predicted octanol–water partition coefficient (Wildman–Crippen LogP) is 2.17. The SMILES string of the molecule is CC(C)Cn1ncc2cc(C(=O)N3CCCN(Cc4cnn(C)c4)CC3)cnc21. The first-order valence-electron chi connectivity index (χ1n) is 10.3. The van der Waals surface area contributed by atoms with Crippen molar-refractivity contribution in [2.45, 2.75) is 33.4 Å². The number of nitrogens with zero attached hydrogens (tertiary/aromatic N) is 7. The van der Waals surface area contributed by atoms with Gasteiger partial charge in [-0.25, -0.2) is 9.67 Å². The first-order chi connectivity index (χ1) is 14.0. The number of hydrogen-bond acceptors (Lipinski definition) is 5. The summed E-state index contributed by atoms with van der Waals surface area (Å²) in [5.74, 6) is 0.548. The van der Waals surface area contributed by atoms with Crippen LogP contribution in [-0.2, 0) is 20.1 Å². The van der Waals surface area contributed by atoms with E-state index in [1.54, 1.807) is 12.4 Å². The summed E-state index contributed by atoms with van der Waals surface area (Å²) in [5.41, 5.74) is 2.69. The molecule has 1 aliphatic rings. The van der Waals surface area contributed by atoms with Crippen molar-refractivity contribution >= 4 is 16.9 Å². The molecule has 4 rings (SSSR count). The van der Waals surface area contributed by atoms with Gasteiger partial charge in [0.25, 0.3) is 5.91 Å². The minimum Gasteiger partial charge on any atom is -0.337 e. The maximum Gasteiger partial charge on any atom is 0.255 e. The lowest BCUT2D eigenvalue weighted by molar-refractivity contribution is 0.0761. The molecule has 1 aliphatic heterocycles. The number of carbonyl (C=O) groups is 1. The van der Waals surface area contributed by atoms with Crippen LogP contribution in [0.3, 0.4) is 0 Å². The van der Waals surface area contributed by atoms with Crippen molar-refractivity contribution in [2.24, 2.45) is 13.0 Å². The lowest BCUT2D eigenvalue weighted by atomic mass is 10.2. The van der Waals surface area contributed by atoms with Gasteiger partial charge in [-0.3, -0.25) is 14.4 Å². The summed E-state index contributed by atoms with van der Waals surface area (Å²) < 4.78 is 3.74. The van der Waals surface area contributed by atoms with Crippen LogP contribution in [0.25, 0.3) is 11.0 Å². The normalized spacial score (nSPS) is 15.9. The maximum atomic E-state index is 13.1. The fourth-order valence-electron chi connectivity index (χ4n) is 3.89. The summed E-state index contributed by atoms with van der Waals surface area (Å²) in [6.45, 7) is 9.35. The highest BCUT2D eigenvalue weighted by atomic mass is 16.2. The number of aromatic nitrogens is 5. The van der Waals surface area contributed by atoms with Crippen molar-refractivity contribution in [2.75, 3.05) is 26.2 Å². The molecular formula is C21H29N7O. The first kappa shape index (κ1) is 19.6. The number of carbonyl (C=O) groups excluding carboxylic acids is 1. The number of aryl methyl sites for hydroxylation is 1. The Labute approximate surface area is 171 Å². The second kappa shape index (κ2) is 8.32. The molecule has 0 aliphatic carbocycles. The molecule has 0 aromatic carbocycles. The Balaban J connectivity index is 1.42. The van der Waals surface area contributed by atoms with Crippen LogP contribution in [0.1, 0.15) is 36.2 Å². The molecule has 0 saturated carbocycles. The quantitative estimate of drug-likeness (QED) is 0.662. The van der Waals surface area contributed by atoms with Crippen molar-refractivity contribution in [1.82, 2.24) is 34.3 Å². The van der Waals surface area contributed by atoms with Gasteiger partial charge < -0.3 is 4.90 Å². The van der Waals surface area contributed by atoms with Crippen molar-refractivity contribution in [3.05, 3.63) is 42.0 Å². The Bertz CT molecular complexity index is 990. The second-order valence-electron chi connectivity index (χ2n) is 8.30. The molecule has 0 radical (unpaired) electrons. The Morgan fingerprint density at radius 1 is 1.10 bits per heavy atom. The van der Waals surface area contributed by atoms with Gasteiger partial charge in [-0.2, -0.15) is 10.2 Å². The maximum absolute atomic E-state index is 13.1. The van der Waals surface area contributed by atoms with Crippen molar-refractivity contribution in [1.29, 1.82) is 0 Å². The smallest absolute Gasteiger partial charge is 0.255 e. The zero-order chi connectivity index (χ0) is 20.4. The van der Waals surface area contributed by atoms with Crippen LogP contribution in [0.2, 0.25) is 0 Å². The average molecular weight is 396 g/mol. The molecule has 1 fully saturated rings. The molecule has 0 unspecified atom stereocenters. The van der Waals surface area contributed by atoms with Gasteiger partial charge in [0, 0.05) is 69.7 Å². The summed E-state index contributed by atoms with van der Waals surface area (Å²) >= 11 is 0. The van der Waals surface area contributed by atoms with E-state index in [-0.39, 0.29) is 5.91 Å². The second-order valence-corrected chi connectivity index (χ2v) is 8.30. The molecule has 29 heavy (non-hydrogen) atoms. The Morgan fingerprint density at radius 3 is 2.72 bits per heavy atom.